The SMILES string of the molecule is CN=Cc1cc(N(C)/N=C2/C(CN(C)C)=CC(OCC(F)F)=N/C2=C(/C=O)c2ccc(OC(F)F)cc2)ccc1N. The summed E-state index contributed by atoms with van der Waals surface area (Å²) in [5.74, 6) is -0.242. The number of hydrogen-bond acceptors (Lipinski definition) is 9. The van der Waals surface area contributed by atoms with Gasteiger partial charge in [0.25, 0.3) is 6.43 Å². The molecule has 9 nitrogen and oxygen atoms in total. The van der Waals surface area contributed by atoms with E-state index in [1.165, 1.54) is 30.3 Å². The number of allylic oxidation sites excluding steroid dienone is 2. The monoisotopic (exact) mass is 574 g/mol. The number of carbonyl (C=O) groups excluding carboxylic acids is 1. The lowest BCUT2D eigenvalue weighted by Crippen LogP contribution is -2.28. The van der Waals surface area contributed by atoms with E-state index in [0.717, 1.165) is 0 Å². The minimum Gasteiger partial charge on any atom is -0.472 e. The van der Waals surface area contributed by atoms with Gasteiger partial charge in [0.2, 0.25) is 5.90 Å². The van der Waals surface area contributed by atoms with Crippen LogP contribution in [0.5, 0.6) is 5.75 Å². The van der Waals surface area contributed by atoms with Crippen molar-refractivity contribution in [2.75, 3.05) is 52.1 Å². The fourth-order valence-electron chi connectivity index (χ4n) is 3.85. The second kappa shape index (κ2) is 14.2. The Morgan fingerprint density at radius 2 is 1.80 bits per heavy atom. The van der Waals surface area contributed by atoms with Crippen LogP contribution in [0, 0.1) is 0 Å². The highest BCUT2D eigenvalue weighted by Gasteiger charge is 2.26. The molecule has 1 aliphatic heterocycles. The molecule has 0 aliphatic carbocycles. The molecule has 1 aliphatic rings. The Kier molecular flexibility index (Phi) is 10.8. The molecule has 0 saturated heterocycles. The molecular weight excluding hydrogens is 544 g/mol. The van der Waals surface area contributed by atoms with Gasteiger partial charge in [-0.25, -0.2) is 13.8 Å². The van der Waals surface area contributed by atoms with Gasteiger partial charge in [-0.3, -0.25) is 14.8 Å². The number of hydrogen-bond donors (Lipinski definition) is 1. The van der Waals surface area contributed by atoms with Gasteiger partial charge in [0.1, 0.15) is 17.2 Å². The Morgan fingerprint density at radius 3 is 2.39 bits per heavy atom. The highest BCUT2D eigenvalue weighted by atomic mass is 19.3. The zero-order chi connectivity index (χ0) is 30.1. The van der Waals surface area contributed by atoms with Gasteiger partial charge in [-0.05, 0) is 50.0 Å². The minimum atomic E-state index is -3.02. The molecule has 41 heavy (non-hydrogen) atoms. The van der Waals surface area contributed by atoms with Crippen LogP contribution < -0.4 is 15.5 Å². The summed E-state index contributed by atoms with van der Waals surface area (Å²) in [7, 11) is 6.90. The molecular formula is C28H30F4N6O3. The largest absolute Gasteiger partial charge is 0.472 e. The van der Waals surface area contributed by atoms with E-state index in [0.29, 0.717) is 34.4 Å². The molecule has 1 heterocycles. The zero-order valence-corrected chi connectivity index (χ0v) is 22.9. The first-order valence-electron chi connectivity index (χ1n) is 12.3. The van der Waals surface area contributed by atoms with Gasteiger partial charge in [0, 0.05) is 55.3 Å². The van der Waals surface area contributed by atoms with Crippen molar-refractivity contribution in [2.24, 2.45) is 15.1 Å². The van der Waals surface area contributed by atoms with Gasteiger partial charge < -0.3 is 20.1 Å². The number of aliphatic imine (C=N–C) groups is 2. The molecule has 2 N–H and O–H groups in total. The van der Waals surface area contributed by atoms with Crippen LogP contribution >= 0.6 is 0 Å². The first-order chi connectivity index (χ1) is 19.5. The molecule has 0 atom stereocenters. The number of nitrogens with two attached hydrogens (primary N) is 1. The Hall–Kier alpha value is -4.52. The van der Waals surface area contributed by atoms with E-state index in [4.69, 9.17) is 15.6 Å². The van der Waals surface area contributed by atoms with E-state index < -0.39 is 19.6 Å². The number of ether oxygens (including phenoxy) is 2. The van der Waals surface area contributed by atoms with E-state index in [1.54, 1.807) is 57.6 Å². The van der Waals surface area contributed by atoms with E-state index in [-0.39, 0.29) is 35.2 Å². The summed E-state index contributed by atoms with van der Waals surface area (Å²) < 4.78 is 60.9. The smallest absolute Gasteiger partial charge is 0.387 e. The van der Waals surface area contributed by atoms with Crippen LogP contribution in [0.25, 0.3) is 5.57 Å². The predicted molar refractivity (Wildman–Crippen MR) is 152 cm³/mol. The number of anilines is 2. The van der Waals surface area contributed by atoms with Crippen LogP contribution in [0.4, 0.5) is 28.9 Å². The van der Waals surface area contributed by atoms with Crippen molar-refractivity contribution in [1.82, 2.24) is 4.90 Å². The van der Waals surface area contributed by atoms with Crippen LogP contribution in [-0.4, -0.2) is 83.4 Å². The predicted octanol–water partition coefficient (Wildman–Crippen LogP) is 4.50. The minimum absolute atomic E-state index is 0.0272. The number of carbonyl (C=O) groups is 1. The Balaban J connectivity index is 2.22. The van der Waals surface area contributed by atoms with Gasteiger partial charge >= 0.3 is 6.61 Å². The van der Waals surface area contributed by atoms with Gasteiger partial charge in [-0.2, -0.15) is 13.9 Å². The van der Waals surface area contributed by atoms with Gasteiger partial charge in [0.05, 0.1) is 5.69 Å². The van der Waals surface area contributed by atoms with Crippen molar-refractivity contribution in [1.29, 1.82) is 0 Å². The number of benzene rings is 2. The number of alkyl halides is 4. The zero-order valence-electron chi connectivity index (χ0n) is 22.9. The number of hydrazone groups is 1. The third-order valence-electron chi connectivity index (χ3n) is 5.62. The van der Waals surface area contributed by atoms with E-state index in [1.807, 2.05) is 4.90 Å². The summed E-state index contributed by atoms with van der Waals surface area (Å²) in [4.78, 5) is 22.7. The normalized spacial score (nSPS) is 15.9. The lowest BCUT2D eigenvalue weighted by molar-refractivity contribution is -0.103. The molecule has 2 aromatic rings. The van der Waals surface area contributed by atoms with Gasteiger partial charge in [0.15, 0.2) is 12.9 Å². The topological polar surface area (TPSA) is 105 Å². The maximum absolute atomic E-state index is 13.0. The average molecular weight is 575 g/mol. The lowest BCUT2D eigenvalue weighted by atomic mass is 9.96. The Bertz CT molecular complexity index is 1390. The van der Waals surface area contributed by atoms with E-state index >= 15 is 0 Å². The number of dihydropyridines is 1. The lowest BCUT2D eigenvalue weighted by Gasteiger charge is -2.24. The van der Waals surface area contributed by atoms with Crippen LogP contribution in [0.3, 0.4) is 0 Å². The number of likely N-dealkylation sites (N-methyl/N-ethyl adjacent to an activating group) is 1. The summed E-state index contributed by atoms with van der Waals surface area (Å²) in [5.41, 5.74) is 9.03. The molecule has 0 saturated carbocycles. The Morgan fingerprint density at radius 1 is 1.10 bits per heavy atom. The Labute approximate surface area is 235 Å². The fourth-order valence-corrected chi connectivity index (χ4v) is 3.85. The molecule has 0 radical (unpaired) electrons. The number of rotatable bonds is 11. The first-order valence-corrected chi connectivity index (χ1v) is 12.3. The molecule has 0 unspecified atom stereocenters. The first kappa shape index (κ1) is 31.0. The highest BCUT2D eigenvalue weighted by Crippen LogP contribution is 2.29. The third kappa shape index (κ3) is 8.48. The van der Waals surface area contributed by atoms with Crippen LogP contribution in [-0.2, 0) is 9.53 Å². The fraction of sp³-hybridized carbons (Fsp3) is 0.286. The van der Waals surface area contributed by atoms with Crippen molar-refractivity contribution in [3.8, 4) is 5.75 Å². The maximum atomic E-state index is 13.0. The standard InChI is InChI=1S/C28H30F4N6O3/c1-34-13-18-11-20(7-10-23(18)33)38(4)36-26-19(14-37(2)3)12-25(40-16-24(29)30)35-27(26)22(15-39)17-5-8-21(9-6-17)41-28(31)32/h5-13,15,24,28H,14,16,33H2,1-4H3/b27-22-,34-13?,36-26-. The van der Waals surface area contributed by atoms with E-state index in [9.17, 15) is 22.4 Å². The summed E-state index contributed by atoms with van der Waals surface area (Å²) in [5, 5.41) is 6.30. The quantitative estimate of drug-likeness (QED) is 0.106. The highest BCUT2D eigenvalue weighted by molar-refractivity contribution is 6.27. The summed E-state index contributed by atoms with van der Waals surface area (Å²) in [6.07, 6.45) is 0.862. The second-order valence-electron chi connectivity index (χ2n) is 9.02. The summed E-state index contributed by atoms with van der Waals surface area (Å²) in [6, 6.07) is 10.6. The van der Waals surface area contributed by atoms with Crippen molar-refractivity contribution in [3.05, 3.63) is 70.9 Å². The van der Waals surface area contributed by atoms with Gasteiger partial charge in [-0.15, -0.1) is 0 Å². The summed E-state index contributed by atoms with van der Waals surface area (Å²) >= 11 is 0. The number of aldehydes is 1. The third-order valence-corrected chi connectivity index (χ3v) is 5.62. The maximum Gasteiger partial charge on any atom is 0.387 e. The van der Waals surface area contributed by atoms with Crippen molar-refractivity contribution < 1.29 is 31.8 Å². The number of nitrogen functional groups attached to an aromatic ring is 1. The van der Waals surface area contributed by atoms with Crippen LogP contribution in [0.2, 0.25) is 0 Å². The van der Waals surface area contributed by atoms with Crippen molar-refractivity contribution >= 4 is 41.1 Å². The molecule has 2 aromatic carbocycles. The van der Waals surface area contributed by atoms with E-state index in [2.05, 4.69) is 14.7 Å². The number of halogens is 4. The van der Waals surface area contributed by atoms with Crippen LogP contribution in [0.1, 0.15) is 11.1 Å². The van der Waals surface area contributed by atoms with Crippen molar-refractivity contribution in [2.45, 2.75) is 13.0 Å². The second-order valence-corrected chi connectivity index (χ2v) is 9.02. The van der Waals surface area contributed by atoms with Crippen LogP contribution in [0.15, 0.2) is 74.9 Å². The molecule has 13 heteroatoms. The molecule has 3 rings (SSSR count). The van der Waals surface area contributed by atoms with Crippen molar-refractivity contribution in [3.63, 3.8) is 0 Å². The molecule has 0 bridgehead atoms. The molecule has 0 amide bonds. The molecule has 218 valence electrons. The average Bonchev–Trinajstić information content (AvgIpc) is 2.91. The molecule has 0 fully saturated rings. The number of nitrogens with zero attached hydrogens (tertiary/aromatic N) is 5. The van der Waals surface area contributed by atoms with Gasteiger partial charge in [-0.1, -0.05) is 12.1 Å². The molecule has 0 aromatic heterocycles. The molecule has 0 spiro atoms. The summed E-state index contributed by atoms with van der Waals surface area (Å²) in [6.45, 7) is -3.64.